The highest BCUT2D eigenvalue weighted by molar-refractivity contribution is 6.30. The van der Waals surface area contributed by atoms with Crippen LogP contribution in [0.15, 0.2) is 78.0 Å². The second kappa shape index (κ2) is 12.1. The Balaban J connectivity index is 1.19. The number of nitrogens with two attached hydrogens (primary N) is 1. The third-order valence-corrected chi connectivity index (χ3v) is 7.23. The monoisotopic (exact) mass is 596 g/mol. The molecule has 2 aliphatic heterocycles. The van der Waals surface area contributed by atoms with Crippen LogP contribution in [0.2, 0.25) is 10.0 Å². The molecule has 2 unspecified atom stereocenters. The fourth-order valence-electron chi connectivity index (χ4n) is 4.75. The average Bonchev–Trinajstić information content (AvgIpc) is 3.56. The van der Waals surface area contributed by atoms with E-state index in [-0.39, 0.29) is 32.1 Å². The molecule has 12 heteroatoms. The van der Waals surface area contributed by atoms with Gasteiger partial charge in [0.05, 0.1) is 12.3 Å². The van der Waals surface area contributed by atoms with E-state index in [1.165, 1.54) is 4.90 Å². The molecular formula is C29H26Cl2N4O6. The molecule has 0 aliphatic carbocycles. The SMILES string of the molecule is NC(=O)C1CC2(CC(c3cccc(NC(=O)COc4ccc(Cl)cc4)c3)=NO2)CN1C(=O)COc1ccc(Cl)cc1. The number of oxime groups is 1. The second-order valence-corrected chi connectivity index (χ2v) is 10.6. The topological polar surface area (TPSA) is 133 Å². The highest BCUT2D eigenvalue weighted by atomic mass is 35.5. The zero-order valence-corrected chi connectivity index (χ0v) is 23.2. The first-order valence-corrected chi connectivity index (χ1v) is 13.5. The first kappa shape index (κ1) is 28.3. The maximum atomic E-state index is 13.0. The normalized spacial score (nSPS) is 19.4. The third kappa shape index (κ3) is 6.90. The van der Waals surface area contributed by atoms with Crippen LogP contribution >= 0.6 is 23.2 Å². The molecule has 5 rings (SSSR count). The largest absolute Gasteiger partial charge is 0.484 e. The van der Waals surface area contributed by atoms with Gasteiger partial charge in [-0.25, -0.2) is 0 Å². The van der Waals surface area contributed by atoms with Gasteiger partial charge in [-0.2, -0.15) is 0 Å². The number of rotatable bonds is 9. The number of hydrogen-bond acceptors (Lipinski definition) is 7. The Labute approximate surface area is 245 Å². The van der Waals surface area contributed by atoms with Gasteiger partial charge in [0.25, 0.3) is 11.8 Å². The van der Waals surface area contributed by atoms with Crippen LogP contribution in [-0.2, 0) is 19.2 Å². The predicted octanol–water partition coefficient (Wildman–Crippen LogP) is 4.04. The summed E-state index contributed by atoms with van der Waals surface area (Å²) in [6, 6.07) is 19.6. The highest BCUT2D eigenvalue weighted by Gasteiger charge is 2.53. The van der Waals surface area contributed by atoms with Crippen molar-refractivity contribution >= 4 is 52.3 Å². The Kier molecular flexibility index (Phi) is 8.32. The van der Waals surface area contributed by atoms with Crippen LogP contribution in [0.5, 0.6) is 11.5 Å². The molecule has 3 amide bonds. The van der Waals surface area contributed by atoms with Gasteiger partial charge in [-0.1, -0.05) is 40.5 Å². The Hall–Kier alpha value is -4.28. The molecule has 0 bridgehead atoms. The molecule has 10 nitrogen and oxygen atoms in total. The summed E-state index contributed by atoms with van der Waals surface area (Å²) < 4.78 is 11.1. The number of halogens is 2. The number of likely N-dealkylation sites (tertiary alicyclic amines) is 1. The van der Waals surface area contributed by atoms with E-state index in [1.54, 1.807) is 66.7 Å². The van der Waals surface area contributed by atoms with Crippen molar-refractivity contribution in [2.75, 3.05) is 25.1 Å². The van der Waals surface area contributed by atoms with E-state index in [9.17, 15) is 14.4 Å². The predicted molar refractivity (Wildman–Crippen MR) is 153 cm³/mol. The first-order valence-electron chi connectivity index (χ1n) is 12.7. The first-order chi connectivity index (χ1) is 19.7. The minimum absolute atomic E-state index is 0.120. The molecule has 2 aliphatic rings. The number of anilines is 1. The van der Waals surface area contributed by atoms with Crippen LogP contribution in [0, 0.1) is 0 Å². The number of primary amides is 1. The summed E-state index contributed by atoms with van der Waals surface area (Å²) in [5, 5.41) is 8.19. The van der Waals surface area contributed by atoms with Crippen molar-refractivity contribution in [1.82, 2.24) is 4.90 Å². The van der Waals surface area contributed by atoms with Crippen LogP contribution in [-0.4, -0.2) is 59.7 Å². The molecule has 0 aromatic heterocycles. The summed E-state index contributed by atoms with van der Waals surface area (Å²) in [5.41, 5.74) is 6.63. The van der Waals surface area contributed by atoms with Crippen molar-refractivity contribution in [3.8, 4) is 11.5 Å². The number of carbonyl (C=O) groups excluding carboxylic acids is 3. The summed E-state index contributed by atoms with van der Waals surface area (Å²) in [6.45, 7) is -0.341. The average molecular weight is 597 g/mol. The zero-order valence-electron chi connectivity index (χ0n) is 21.7. The van der Waals surface area contributed by atoms with Crippen molar-refractivity contribution in [3.63, 3.8) is 0 Å². The summed E-state index contributed by atoms with van der Waals surface area (Å²) >= 11 is 11.8. The van der Waals surface area contributed by atoms with E-state index < -0.39 is 23.5 Å². The zero-order chi connectivity index (χ0) is 29.0. The maximum absolute atomic E-state index is 13.0. The molecule has 3 N–H and O–H groups in total. The van der Waals surface area contributed by atoms with Crippen LogP contribution in [0.3, 0.4) is 0 Å². The molecule has 1 spiro atoms. The number of benzene rings is 3. The number of carbonyl (C=O) groups is 3. The Morgan fingerprint density at radius 2 is 1.61 bits per heavy atom. The van der Waals surface area contributed by atoms with Gasteiger partial charge >= 0.3 is 0 Å². The Bertz CT molecular complexity index is 1480. The lowest BCUT2D eigenvalue weighted by Crippen LogP contribution is -2.45. The second-order valence-electron chi connectivity index (χ2n) is 9.75. The minimum Gasteiger partial charge on any atom is -0.484 e. The third-order valence-electron chi connectivity index (χ3n) is 6.73. The smallest absolute Gasteiger partial charge is 0.262 e. The molecule has 3 aromatic carbocycles. The van der Waals surface area contributed by atoms with Crippen molar-refractivity contribution < 1.29 is 28.7 Å². The van der Waals surface area contributed by atoms with Crippen molar-refractivity contribution in [2.24, 2.45) is 10.9 Å². The van der Waals surface area contributed by atoms with Gasteiger partial charge in [-0.15, -0.1) is 0 Å². The van der Waals surface area contributed by atoms with E-state index in [0.29, 0.717) is 39.4 Å². The highest BCUT2D eigenvalue weighted by Crippen LogP contribution is 2.39. The van der Waals surface area contributed by atoms with Gasteiger partial charge in [-0.05, 0) is 60.7 Å². The number of hydrogen-bond donors (Lipinski definition) is 2. The van der Waals surface area contributed by atoms with Gasteiger partial charge in [0, 0.05) is 34.1 Å². The Morgan fingerprint density at radius 1 is 0.976 bits per heavy atom. The molecule has 2 atom stereocenters. The van der Waals surface area contributed by atoms with Crippen LogP contribution in [0.25, 0.3) is 0 Å². The summed E-state index contributed by atoms with van der Waals surface area (Å²) in [4.78, 5) is 44.9. The Morgan fingerprint density at radius 3 is 2.24 bits per heavy atom. The van der Waals surface area contributed by atoms with Crippen LogP contribution < -0.4 is 20.5 Å². The number of nitrogens with zero attached hydrogens (tertiary/aromatic N) is 2. The van der Waals surface area contributed by atoms with Gasteiger partial charge in [-0.3, -0.25) is 14.4 Å². The molecule has 212 valence electrons. The standard InChI is InChI=1S/C29H26Cl2N4O6/c30-19-4-8-22(9-5-19)39-15-26(36)33-21-3-1-2-18(12-21)24-13-29(41-34-24)14-25(28(32)38)35(17-29)27(37)16-40-23-10-6-20(31)7-11-23/h1-12,25H,13-17H2,(H2,32,38)(H,33,36). The summed E-state index contributed by atoms with van der Waals surface area (Å²) in [5.74, 6) is -0.379. The van der Waals surface area contributed by atoms with E-state index in [2.05, 4.69) is 10.5 Å². The maximum Gasteiger partial charge on any atom is 0.262 e. The van der Waals surface area contributed by atoms with E-state index in [4.69, 9.17) is 43.2 Å². The molecule has 1 saturated heterocycles. The van der Waals surface area contributed by atoms with E-state index in [1.807, 2.05) is 6.07 Å². The van der Waals surface area contributed by atoms with E-state index in [0.717, 1.165) is 5.56 Å². The molecule has 0 saturated carbocycles. The molecule has 41 heavy (non-hydrogen) atoms. The lowest BCUT2D eigenvalue weighted by molar-refractivity contribution is -0.139. The molecule has 2 heterocycles. The van der Waals surface area contributed by atoms with Gasteiger partial charge in [0.15, 0.2) is 18.8 Å². The number of amides is 3. The van der Waals surface area contributed by atoms with Crippen LogP contribution in [0.1, 0.15) is 18.4 Å². The molecule has 1 fully saturated rings. The minimum atomic E-state index is -0.906. The van der Waals surface area contributed by atoms with Gasteiger partial charge in [0.2, 0.25) is 5.91 Å². The quantitative estimate of drug-likeness (QED) is 0.383. The van der Waals surface area contributed by atoms with Crippen molar-refractivity contribution in [3.05, 3.63) is 88.4 Å². The molecule has 0 radical (unpaired) electrons. The van der Waals surface area contributed by atoms with Gasteiger partial charge < -0.3 is 30.3 Å². The number of ether oxygens (including phenoxy) is 2. The van der Waals surface area contributed by atoms with Gasteiger partial charge in [0.1, 0.15) is 17.5 Å². The van der Waals surface area contributed by atoms with Crippen LogP contribution in [0.4, 0.5) is 5.69 Å². The summed E-state index contributed by atoms with van der Waals surface area (Å²) in [6.07, 6.45) is 0.538. The fourth-order valence-corrected chi connectivity index (χ4v) is 5.00. The van der Waals surface area contributed by atoms with E-state index >= 15 is 0 Å². The fraction of sp³-hybridized carbons (Fsp3) is 0.241. The van der Waals surface area contributed by atoms with Crippen molar-refractivity contribution in [1.29, 1.82) is 0 Å². The summed E-state index contributed by atoms with van der Waals surface area (Å²) in [7, 11) is 0. The molecular weight excluding hydrogens is 571 g/mol. The number of nitrogens with one attached hydrogen (secondary N) is 1. The lowest BCUT2D eigenvalue weighted by atomic mass is 9.91. The van der Waals surface area contributed by atoms with Crippen molar-refractivity contribution in [2.45, 2.75) is 24.5 Å². The molecule has 3 aromatic rings. The lowest BCUT2D eigenvalue weighted by Gasteiger charge is -2.23.